The van der Waals surface area contributed by atoms with Gasteiger partial charge < -0.3 is 11.1 Å². The molecule has 0 saturated carbocycles. The molecule has 0 saturated heterocycles. The van der Waals surface area contributed by atoms with Gasteiger partial charge in [0.2, 0.25) is 0 Å². The Balaban J connectivity index is 1.92. The van der Waals surface area contributed by atoms with Crippen LogP contribution in [0.2, 0.25) is 0 Å². The third kappa shape index (κ3) is 4.08. The Morgan fingerprint density at radius 1 is 1.00 bits per heavy atom. The molecule has 0 heterocycles. The van der Waals surface area contributed by atoms with Crippen molar-refractivity contribution >= 4 is 15.5 Å². The highest BCUT2D eigenvalue weighted by Gasteiger charge is 2.05. The average Bonchev–Trinajstić information content (AvgIpc) is 2.38. The first-order valence-electron chi connectivity index (χ1n) is 6.29. The van der Waals surface area contributed by atoms with Crippen LogP contribution in [0, 0.1) is 0 Å². The van der Waals surface area contributed by atoms with Crippen LogP contribution in [0.5, 0.6) is 0 Å². The van der Waals surface area contributed by atoms with Crippen LogP contribution >= 0.6 is 0 Å². The van der Waals surface area contributed by atoms with Gasteiger partial charge in [0, 0.05) is 25.0 Å². The molecule has 0 bridgehead atoms. The zero-order chi connectivity index (χ0) is 14.6. The lowest BCUT2D eigenvalue weighted by Gasteiger charge is -2.06. The summed E-state index contributed by atoms with van der Waals surface area (Å²) >= 11 is 0. The highest BCUT2D eigenvalue weighted by Crippen LogP contribution is 2.11. The Morgan fingerprint density at radius 2 is 1.65 bits per heavy atom. The molecular weight excluding hydrogens is 272 g/mol. The average molecular weight is 290 g/mol. The first-order valence-corrected chi connectivity index (χ1v) is 8.18. The van der Waals surface area contributed by atoms with Gasteiger partial charge in [-0.2, -0.15) is 0 Å². The van der Waals surface area contributed by atoms with Gasteiger partial charge in [-0.05, 0) is 35.4 Å². The van der Waals surface area contributed by atoms with Crippen molar-refractivity contribution in [2.24, 2.45) is 0 Å². The molecule has 2 rings (SSSR count). The topological polar surface area (TPSA) is 72.2 Å². The molecule has 0 spiro atoms. The van der Waals surface area contributed by atoms with Crippen LogP contribution in [-0.4, -0.2) is 14.7 Å². The largest absolute Gasteiger partial charge is 0.399 e. The molecule has 0 aromatic heterocycles. The third-order valence-corrected chi connectivity index (χ3v) is 4.09. The van der Waals surface area contributed by atoms with Gasteiger partial charge >= 0.3 is 0 Å². The van der Waals surface area contributed by atoms with E-state index in [2.05, 4.69) is 5.32 Å². The second-order valence-electron chi connectivity index (χ2n) is 4.76. The van der Waals surface area contributed by atoms with E-state index in [9.17, 15) is 8.42 Å². The highest BCUT2D eigenvalue weighted by molar-refractivity contribution is 7.90. The van der Waals surface area contributed by atoms with E-state index in [1.54, 1.807) is 12.1 Å². The highest BCUT2D eigenvalue weighted by atomic mass is 32.2. The predicted octanol–water partition coefficient (Wildman–Crippen LogP) is 1.96. The molecule has 20 heavy (non-hydrogen) atoms. The van der Waals surface area contributed by atoms with E-state index >= 15 is 0 Å². The Labute approximate surface area is 119 Å². The molecule has 4 nitrogen and oxygen atoms in total. The number of anilines is 1. The maximum Gasteiger partial charge on any atom is 0.175 e. The second kappa shape index (κ2) is 6.07. The summed E-state index contributed by atoms with van der Waals surface area (Å²) in [6.45, 7) is 1.40. The number of nitrogen functional groups attached to an aromatic ring is 1. The molecule has 3 N–H and O–H groups in total. The van der Waals surface area contributed by atoms with Crippen LogP contribution in [-0.2, 0) is 22.9 Å². The van der Waals surface area contributed by atoms with Crippen LogP contribution in [0.15, 0.2) is 53.4 Å². The zero-order valence-electron chi connectivity index (χ0n) is 11.3. The molecular formula is C15H18N2O2S. The second-order valence-corrected chi connectivity index (χ2v) is 6.78. The first-order chi connectivity index (χ1) is 9.45. The fourth-order valence-electron chi connectivity index (χ4n) is 1.91. The lowest BCUT2D eigenvalue weighted by molar-refractivity contribution is 0.602. The maximum atomic E-state index is 11.3. The standard InChI is InChI=1S/C15H18N2O2S/c1-20(18,19)15-7-5-12(6-8-15)10-17-11-13-3-2-4-14(16)9-13/h2-9,17H,10-11,16H2,1H3. The van der Waals surface area contributed by atoms with E-state index < -0.39 is 9.84 Å². The Kier molecular flexibility index (Phi) is 4.42. The Hall–Kier alpha value is -1.85. The van der Waals surface area contributed by atoms with Crippen molar-refractivity contribution in [2.45, 2.75) is 18.0 Å². The molecule has 0 aliphatic heterocycles. The first kappa shape index (κ1) is 14.6. The van der Waals surface area contributed by atoms with Gasteiger partial charge in [-0.1, -0.05) is 24.3 Å². The van der Waals surface area contributed by atoms with Crippen LogP contribution in [0.3, 0.4) is 0 Å². The summed E-state index contributed by atoms with van der Waals surface area (Å²) in [4.78, 5) is 0.345. The quantitative estimate of drug-likeness (QED) is 0.826. The number of nitrogens with two attached hydrogens (primary N) is 1. The van der Waals surface area contributed by atoms with Crippen molar-refractivity contribution in [1.82, 2.24) is 5.32 Å². The normalized spacial score (nSPS) is 11.4. The number of nitrogens with one attached hydrogen (secondary N) is 1. The van der Waals surface area contributed by atoms with E-state index in [4.69, 9.17) is 5.73 Å². The third-order valence-electron chi connectivity index (χ3n) is 2.96. The van der Waals surface area contributed by atoms with E-state index in [1.165, 1.54) is 6.26 Å². The number of sulfone groups is 1. The summed E-state index contributed by atoms with van der Waals surface area (Å²) < 4.78 is 22.7. The van der Waals surface area contributed by atoms with Gasteiger partial charge in [-0.15, -0.1) is 0 Å². The number of hydrogen-bond acceptors (Lipinski definition) is 4. The van der Waals surface area contributed by atoms with Crippen LogP contribution in [0.25, 0.3) is 0 Å². The minimum Gasteiger partial charge on any atom is -0.399 e. The van der Waals surface area contributed by atoms with Crippen LogP contribution in [0.4, 0.5) is 5.69 Å². The molecule has 2 aromatic rings. The van der Waals surface area contributed by atoms with Gasteiger partial charge in [0.05, 0.1) is 4.90 Å². The van der Waals surface area contributed by atoms with Crippen molar-refractivity contribution in [2.75, 3.05) is 12.0 Å². The van der Waals surface area contributed by atoms with Gasteiger partial charge in [0.1, 0.15) is 0 Å². The van der Waals surface area contributed by atoms with Crippen molar-refractivity contribution in [3.8, 4) is 0 Å². The molecule has 0 atom stereocenters. The van der Waals surface area contributed by atoms with Gasteiger partial charge in [0.15, 0.2) is 9.84 Å². The maximum absolute atomic E-state index is 11.3. The fraction of sp³-hybridized carbons (Fsp3) is 0.200. The van der Waals surface area contributed by atoms with E-state index in [0.29, 0.717) is 11.4 Å². The summed E-state index contributed by atoms with van der Waals surface area (Å²) in [6.07, 6.45) is 1.21. The summed E-state index contributed by atoms with van der Waals surface area (Å²) in [7, 11) is -3.12. The number of benzene rings is 2. The van der Waals surface area contributed by atoms with E-state index in [0.717, 1.165) is 23.4 Å². The number of hydrogen-bond donors (Lipinski definition) is 2. The molecule has 0 amide bonds. The molecule has 0 radical (unpaired) electrons. The predicted molar refractivity (Wildman–Crippen MR) is 80.9 cm³/mol. The molecule has 0 unspecified atom stereocenters. The van der Waals surface area contributed by atoms with Crippen molar-refractivity contribution in [1.29, 1.82) is 0 Å². The summed E-state index contributed by atoms with van der Waals surface area (Å²) in [5.41, 5.74) is 8.63. The van der Waals surface area contributed by atoms with Crippen molar-refractivity contribution in [3.05, 3.63) is 59.7 Å². The van der Waals surface area contributed by atoms with Crippen LogP contribution < -0.4 is 11.1 Å². The number of rotatable bonds is 5. The lowest BCUT2D eigenvalue weighted by atomic mass is 10.2. The van der Waals surface area contributed by atoms with Crippen LogP contribution in [0.1, 0.15) is 11.1 Å². The summed E-state index contributed by atoms with van der Waals surface area (Å²) in [5.74, 6) is 0. The van der Waals surface area contributed by atoms with Crippen molar-refractivity contribution < 1.29 is 8.42 Å². The van der Waals surface area contributed by atoms with Gasteiger partial charge in [0.25, 0.3) is 0 Å². The van der Waals surface area contributed by atoms with Gasteiger partial charge in [-0.25, -0.2) is 8.42 Å². The smallest absolute Gasteiger partial charge is 0.175 e. The van der Waals surface area contributed by atoms with E-state index in [1.807, 2.05) is 36.4 Å². The van der Waals surface area contributed by atoms with E-state index in [-0.39, 0.29) is 0 Å². The SMILES string of the molecule is CS(=O)(=O)c1ccc(CNCc2cccc(N)c2)cc1. The lowest BCUT2D eigenvalue weighted by Crippen LogP contribution is -2.12. The Morgan fingerprint density at radius 3 is 2.25 bits per heavy atom. The molecule has 0 aliphatic carbocycles. The van der Waals surface area contributed by atoms with Gasteiger partial charge in [-0.3, -0.25) is 0 Å². The zero-order valence-corrected chi connectivity index (χ0v) is 12.2. The fourth-order valence-corrected chi connectivity index (χ4v) is 2.54. The molecule has 0 fully saturated rings. The monoisotopic (exact) mass is 290 g/mol. The minimum atomic E-state index is -3.12. The Bertz CT molecular complexity index is 679. The molecule has 106 valence electrons. The summed E-state index contributed by atoms with van der Waals surface area (Å²) in [6, 6.07) is 14.6. The molecule has 5 heteroatoms. The molecule has 0 aliphatic rings. The minimum absolute atomic E-state index is 0.345. The summed E-state index contributed by atoms with van der Waals surface area (Å²) in [5, 5.41) is 3.30. The van der Waals surface area contributed by atoms with Crippen molar-refractivity contribution in [3.63, 3.8) is 0 Å². The molecule has 2 aromatic carbocycles.